The molecule has 2 aromatic rings. The molecule has 0 aliphatic carbocycles. The minimum absolute atomic E-state index is 0.0116. The van der Waals surface area contributed by atoms with Gasteiger partial charge in [-0.1, -0.05) is 47.1 Å². The molecule has 0 bridgehead atoms. The van der Waals surface area contributed by atoms with E-state index in [1.165, 1.54) is 13.8 Å². The van der Waals surface area contributed by atoms with E-state index < -0.39 is 67.0 Å². The minimum atomic E-state index is -1.46. The number of carbonyl (C=O) groups is 5. The Hall–Kier alpha value is -4.78. The summed E-state index contributed by atoms with van der Waals surface area (Å²) in [4.78, 5) is 68.9. The Morgan fingerprint density at radius 1 is 0.930 bits per heavy atom. The summed E-state index contributed by atoms with van der Waals surface area (Å²) in [5, 5.41) is 6.78. The largest absolute Gasteiger partial charge is 0.463 e. The number of carbonyl (C=O) groups excluding carboxylic acids is 5. The molecule has 1 fully saturated rings. The van der Waals surface area contributed by atoms with Gasteiger partial charge in [0, 0.05) is 33.3 Å². The number of rotatable bonds is 9. The Morgan fingerprint density at radius 3 is 2.23 bits per heavy atom. The first-order chi connectivity index (χ1) is 20.4. The number of hydrogen-bond donors (Lipinski definition) is 1. The summed E-state index contributed by atoms with van der Waals surface area (Å²) in [5.41, 5.74) is 2.93. The summed E-state index contributed by atoms with van der Waals surface area (Å²) in [6.07, 6.45) is -5.26. The van der Waals surface area contributed by atoms with Crippen LogP contribution in [0.25, 0.3) is 0 Å². The molecule has 0 radical (unpaired) electrons. The Morgan fingerprint density at radius 2 is 1.60 bits per heavy atom. The zero-order valence-electron chi connectivity index (χ0n) is 24.4. The highest BCUT2D eigenvalue weighted by atomic mass is 16.8. The minimum Gasteiger partial charge on any atom is -0.463 e. The van der Waals surface area contributed by atoms with Crippen molar-refractivity contribution in [3.8, 4) is 0 Å². The van der Waals surface area contributed by atoms with Crippen LogP contribution in [0.2, 0.25) is 0 Å². The second-order valence-corrected chi connectivity index (χ2v) is 10.2. The van der Waals surface area contributed by atoms with Crippen LogP contribution in [0.5, 0.6) is 0 Å². The molecule has 2 amide bonds. The molecule has 2 aromatic carbocycles. The van der Waals surface area contributed by atoms with Crippen LogP contribution in [-0.2, 0) is 54.3 Å². The first-order valence-electron chi connectivity index (χ1n) is 13.6. The lowest BCUT2D eigenvalue weighted by Gasteiger charge is -2.43. The normalized spacial score (nSPS) is 23.7. The highest BCUT2D eigenvalue weighted by molar-refractivity contribution is 6.54. The number of esters is 3. The standard InChI is InChI=1S/C30H33N3O10/c1-16-11-12-23-22(13-16)25(29(38)33(23)14-21-9-7-6-8-10-21)32-43-30-26(31-17(2)34)28(41-20(5)37)27(40-19(4)36)24(42-30)15-39-18(3)35/h6-13,24,26-28,30H,14-15H2,1-5H3,(H,31,34)/b32-25+. The van der Waals surface area contributed by atoms with Crippen molar-refractivity contribution in [2.24, 2.45) is 5.16 Å². The zero-order valence-corrected chi connectivity index (χ0v) is 24.4. The molecule has 13 nitrogen and oxygen atoms in total. The number of nitrogens with zero attached hydrogens (tertiary/aromatic N) is 2. The van der Waals surface area contributed by atoms with E-state index in [4.69, 9.17) is 23.8 Å². The highest BCUT2D eigenvalue weighted by Crippen LogP contribution is 2.33. The third-order valence-corrected chi connectivity index (χ3v) is 6.65. The molecule has 43 heavy (non-hydrogen) atoms. The summed E-state index contributed by atoms with van der Waals surface area (Å²) < 4.78 is 22.0. The molecule has 0 aromatic heterocycles. The third-order valence-electron chi connectivity index (χ3n) is 6.65. The number of anilines is 1. The monoisotopic (exact) mass is 595 g/mol. The van der Waals surface area contributed by atoms with Gasteiger partial charge in [0.05, 0.1) is 12.2 Å². The number of fused-ring (bicyclic) bond motifs is 1. The maximum Gasteiger partial charge on any atom is 0.303 e. The van der Waals surface area contributed by atoms with E-state index >= 15 is 0 Å². The Kier molecular flexibility index (Phi) is 9.76. The number of ether oxygens (including phenoxy) is 4. The zero-order chi connectivity index (χ0) is 31.3. The molecule has 13 heteroatoms. The number of amides is 2. The molecule has 0 saturated carbocycles. The number of hydrogen-bond acceptors (Lipinski definition) is 11. The van der Waals surface area contributed by atoms with Crippen LogP contribution >= 0.6 is 0 Å². The average molecular weight is 596 g/mol. The molecular weight excluding hydrogens is 562 g/mol. The molecule has 5 unspecified atom stereocenters. The number of nitrogens with one attached hydrogen (secondary N) is 1. The van der Waals surface area contributed by atoms with Crippen molar-refractivity contribution in [2.75, 3.05) is 11.5 Å². The summed E-state index contributed by atoms with van der Waals surface area (Å²) >= 11 is 0. The average Bonchev–Trinajstić information content (AvgIpc) is 3.18. The molecule has 4 rings (SSSR count). The number of aryl methyl sites for hydroxylation is 1. The molecular formula is C30H33N3O10. The SMILES string of the molecule is CC(=O)NC1C(O/N=C2/C(=O)N(Cc3ccccc3)c3ccc(C)cc32)OC(COC(C)=O)C(OC(C)=O)C1OC(C)=O. The molecule has 2 aliphatic heterocycles. The first-order valence-corrected chi connectivity index (χ1v) is 13.6. The van der Waals surface area contributed by atoms with Crippen LogP contribution < -0.4 is 10.2 Å². The van der Waals surface area contributed by atoms with Gasteiger partial charge in [-0.25, -0.2) is 0 Å². The number of oxime groups is 1. The van der Waals surface area contributed by atoms with Crippen molar-refractivity contribution in [3.63, 3.8) is 0 Å². The van der Waals surface area contributed by atoms with Crippen molar-refractivity contribution < 1.29 is 47.8 Å². The Bertz CT molecular complexity index is 1430. The van der Waals surface area contributed by atoms with Gasteiger partial charge < -0.3 is 34.0 Å². The van der Waals surface area contributed by atoms with Crippen molar-refractivity contribution in [1.29, 1.82) is 0 Å². The highest BCUT2D eigenvalue weighted by Gasteiger charge is 2.52. The van der Waals surface area contributed by atoms with Gasteiger partial charge in [-0.3, -0.25) is 24.0 Å². The van der Waals surface area contributed by atoms with Crippen LogP contribution in [-0.4, -0.2) is 72.7 Å². The molecule has 5 atom stereocenters. The van der Waals surface area contributed by atoms with Gasteiger partial charge >= 0.3 is 17.9 Å². The van der Waals surface area contributed by atoms with E-state index in [1.807, 2.05) is 49.4 Å². The van der Waals surface area contributed by atoms with Crippen molar-refractivity contribution in [3.05, 3.63) is 65.2 Å². The van der Waals surface area contributed by atoms with Crippen molar-refractivity contribution in [2.45, 2.75) is 71.8 Å². The fraction of sp³-hybridized carbons (Fsp3) is 0.400. The summed E-state index contributed by atoms with van der Waals surface area (Å²) in [5.74, 6) is -3.09. The summed E-state index contributed by atoms with van der Waals surface area (Å²) in [6, 6.07) is 13.7. The lowest BCUT2D eigenvalue weighted by molar-refractivity contribution is -0.278. The second-order valence-electron chi connectivity index (χ2n) is 10.2. The third kappa shape index (κ3) is 7.55. The maximum absolute atomic E-state index is 13.7. The Balaban J connectivity index is 1.71. The van der Waals surface area contributed by atoms with Gasteiger partial charge in [-0.2, -0.15) is 0 Å². The predicted molar refractivity (Wildman–Crippen MR) is 150 cm³/mol. The summed E-state index contributed by atoms with van der Waals surface area (Å²) in [6.45, 7) is 6.44. The second kappa shape index (κ2) is 13.5. The Labute approximate surface area is 248 Å². The van der Waals surface area contributed by atoms with Crippen LogP contribution in [0, 0.1) is 6.92 Å². The van der Waals surface area contributed by atoms with Crippen LogP contribution in [0.3, 0.4) is 0 Å². The van der Waals surface area contributed by atoms with E-state index in [0.717, 1.165) is 25.0 Å². The molecule has 1 N–H and O–H groups in total. The van der Waals surface area contributed by atoms with E-state index in [9.17, 15) is 24.0 Å². The van der Waals surface area contributed by atoms with Crippen LogP contribution in [0.15, 0.2) is 53.7 Å². The van der Waals surface area contributed by atoms with Gasteiger partial charge in [-0.15, -0.1) is 0 Å². The van der Waals surface area contributed by atoms with Gasteiger partial charge in [0.25, 0.3) is 12.2 Å². The van der Waals surface area contributed by atoms with Gasteiger partial charge in [0.15, 0.2) is 17.9 Å². The van der Waals surface area contributed by atoms with Gasteiger partial charge in [-0.05, 0) is 24.6 Å². The van der Waals surface area contributed by atoms with E-state index in [1.54, 1.807) is 11.0 Å². The van der Waals surface area contributed by atoms with E-state index in [-0.39, 0.29) is 12.3 Å². The fourth-order valence-corrected chi connectivity index (χ4v) is 4.92. The topological polar surface area (TPSA) is 159 Å². The van der Waals surface area contributed by atoms with Crippen LogP contribution in [0.4, 0.5) is 5.69 Å². The lowest BCUT2D eigenvalue weighted by Crippen LogP contribution is -2.66. The number of benzene rings is 2. The van der Waals surface area contributed by atoms with Crippen molar-refractivity contribution in [1.82, 2.24) is 5.32 Å². The molecule has 1 saturated heterocycles. The molecule has 0 spiro atoms. The predicted octanol–water partition coefficient (Wildman–Crippen LogP) is 1.92. The molecule has 2 aliphatic rings. The van der Waals surface area contributed by atoms with E-state index in [2.05, 4.69) is 10.5 Å². The fourth-order valence-electron chi connectivity index (χ4n) is 4.92. The van der Waals surface area contributed by atoms with E-state index in [0.29, 0.717) is 11.3 Å². The quantitative estimate of drug-likeness (QED) is 0.258. The molecule has 2 heterocycles. The smallest absolute Gasteiger partial charge is 0.303 e. The lowest BCUT2D eigenvalue weighted by atomic mass is 9.96. The summed E-state index contributed by atoms with van der Waals surface area (Å²) in [7, 11) is 0. The maximum atomic E-state index is 13.7. The molecule has 228 valence electrons. The van der Waals surface area contributed by atoms with Crippen LogP contribution in [0.1, 0.15) is 44.4 Å². The first kappa shape index (κ1) is 31.2. The van der Waals surface area contributed by atoms with Gasteiger partial charge in [0.1, 0.15) is 18.8 Å². The van der Waals surface area contributed by atoms with Crippen molar-refractivity contribution >= 4 is 41.1 Å². The van der Waals surface area contributed by atoms with Gasteiger partial charge in [0.2, 0.25) is 5.91 Å².